The lowest BCUT2D eigenvalue weighted by Crippen LogP contribution is -2.43. The summed E-state index contributed by atoms with van der Waals surface area (Å²) in [4.78, 5) is 6.78. The standard InChI is InChI=1S/C15H25N3/c1-3-15-6-8-18(11-13(2)9-17-15)12-14-5-4-7-16-10-14/h4-5,7,10,13,15,17H,3,6,8-9,11-12H2,1-2H3. The first-order valence-electron chi connectivity index (χ1n) is 7.12. The van der Waals surface area contributed by atoms with Gasteiger partial charge in [-0.2, -0.15) is 0 Å². The first kappa shape index (κ1) is 13.5. The zero-order chi connectivity index (χ0) is 12.8. The molecule has 1 N–H and O–H groups in total. The number of aromatic nitrogens is 1. The molecule has 100 valence electrons. The molecule has 1 aromatic rings. The molecule has 2 atom stereocenters. The topological polar surface area (TPSA) is 28.2 Å². The maximum absolute atomic E-state index is 4.20. The van der Waals surface area contributed by atoms with Crippen molar-refractivity contribution in [1.82, 2.24) is 15.2 Å². The molecule has 1 aromatic heterocycles. The number of pyridine rings is 1. The number of hydrogen-bond donors (Lipinski definition) is 1. The van der Waals surface area contributed by atoms with Gasteiger partial charge in [0.2, 0.25) is 0 Å². The summed E-state index contributed by atoms with van der Waals surface area (Å²) in [6, 6.07) is 4.88. The molecule has 1 aliphatic heterocycles. The van der Waals surface area contributed by atoms with Gasteiger partial charge in [-0.3, -0.25) is 9.88 Å². The molecule has 3 heteroatoms. The van der Waals surface area contributed by atoms with Crippen LogP contribution < -0.4 is 5.32 Å². The molecule has 0 aromatic carbocycles. The van der Waals surface area contributed by atoms with E-state index in [0.717, 1.165) is 19.0 Å². The Kier molecular flexibility index (Phi) is 5.14. The average molecular weight is 247 g/mol. The fourth-order valence-electron chi connectivity index (χ4n) is 2.65. The SMILES string of the molecule is CCC1CCN(Cc2cccnc2)CC(C)CN1. The fourth-order valence-corrected chi connectivity index (χ4v) is 2.65. The van der Waals surface area contributed by atoms with Crippen LogP contribution >= 0.6 is 0 Å². The minimum atomic E-state index is 0.684. The molecule has 0 aliphatic carbocycles. The van der Waals surface area contributed by atoms with Crippen LogP contribution in [0.15, 0.2) is 24.5 Å². The molecule has 3 nitrogen and oxygen atoms in total. The van der Waals surface area contributed by atoms with Crippen LogP contribution in [0.4, 0.5) is 0 Å². The number of nitrogens with one attached hydrogen (secondary N) is 1. The van der Waals surface area contributed by atoms with E-state index in [9.17, 15) is 0 Å². The van der Waals surface area contributed by atoms with E-state index in [0.29, 0.717) is 6.04 Å². The first-order chi connectivity index (χ1) is 8.78. The van der Waals surface area contributed by atoms with Crippen LogP contribution in [0.2, 0.25) is 0 Å². The summed E-state index contributed by atoms with van der Waals surface area (Å²) in [5.74, 6) is 0.719. The van der Waals surface area contributed by atoms with Gasteiger partial charge in [-0.1, -0.05) is 19.9 Å². The van der Waals surface area contributed by atoms with Crippen molar-refractivity contribution in [2.24, 2.45) is 5.92 Å². The summed E-state index contributed by atoms with van der Waals surface area (Å²) in [7, 11) is 0. The normalized spacial score (nSPS) is 26.6. The van der Waals surface area contributed by atoms with Gasteiger partial charge in [0.1, 0.15) is 0 Å². The van der Waals surface area contributed by atoms with E-state index in [-0.39, 0.29) is 0 Å². The largest absolute Gasteiger partial charge is 0.314 e. The predicted molar refractivity (Wildman–Crippen MR) is 75.4 cm³/mol. The first-order valence-corrected chi connectivity index (χ1v) is 7.12. The summed E-state index contributed by atoms with van der Waals surface area (Å²) in [5, 5.41) is 3.67. The van der Waals surface area contributed by atoms with Crippen LogP contribution in [0.3, 0.4) is 0 Å². The maximum Gasteiger partial charge on any atom is 0.0312 e. The van der Waals surface area contributed by atoms with Gasteiger partial charge in [0.15, 0.2) is 0 Å². The second-order valence-corrected chi connectivity index (χ2v) is 5.50. The molecule has 0 spiro atoms. The van der Waals surface area contributed by atoms with Gasteiger partial charge in [-0.05, 0) is 43.5 Å². The summed E-state index contributed by atoms with van der Waals surface area (Å²) in [5.41, 5.74) is 1.33. The number of hydrogen-bond acceptors (Lipinski definition) is 3. The third-order valence-corrected chi connectivity index (χ3v) is 3.74. The molecule has 18 heavy (non-hydrogen) atoms. The third-order valence-electron chi connectivity index (χ3n) is 3.74. The van der Waals surface area contributed by atoms with Crippen molar-refractivity contribution in [3.8, 4) is 0 Å². The van der Waals surface area contributed by atoms with Gasteiger partial charge in [0.25, 0.3) is 0 Å². The smallest absolute Gasteiger partial charge is 0.0312 e. The molecule has 2 heterocycles. The average Bonchev–Trinajstić information content (AvgIpc) is 2.37. The zero-order valence-corrected chi connectivity index (χ0v) is 11.6. The summed E-state index contributed by atoms with van der Waals surface area (Å²) < 4.78 is 0. The molecule has 0 bridgehead atoms. The molecule has 0 radical (unpaired) electrons. The van der Waals surface area contributed by atoms with E-state index in [4.69, 9.17) is 0 Å². The predicted octanol–water partition coefficient (Wildman–Crippen LogP) is 2.29. The molecular formula is C15H25N3. The quantitative estimate of drug-likeness (QED) is 0.888. The van der Waals surface area contributed by atoms with Gasteiger partial charge in [0, 0.05) is 31.5 Å². The van der Waals surface area contributed by atoms with E-state index in [1.165, 1.54) is 31.5 Å². The maximum atomic E-state index is 4.20. The molecule has 2 unspecified atom stereocenters. The Morgan fingerprint density at radius 3 is 3.11 bits per heavy atom. The highest BCUT2D eigenvalue weighted by Crippen LogP contribution is 2.12. The molecule has 0 saturated carbocycles. The van der Waals surface area contributed by atoms with E-state index in [1.807, 2.05) is 18.5 Å². The molecule has 1 aliphatic rings. The Hall–Kier alpha value is -0.930. The number of rotatable bonds is 3. The Morgan fingerprint density at radius 1 is 1.50 bits per heavy atom. The Labute approximate surface area is 111 Å². The highest BCUT2D eigenvalue weighted by molar-refractivity contribution is 5.08. The molecule has 2 rings (SSSR count). The van der Waals surface area contributed by atoms with Gasteiger partial charge in [-0.15, -0.1) is 0 Å². The Balaban J connectivity index is 1.93. The van der Waals surface area contributed by atoms with Crippen molar-refractivity contribution in [3.63, 3.8) is 0 Å². The van der Waals surface area contributed by atoms with E-state index in [1.54, 1.807) is 0 Å². The lowest BCUT2D eigenvalue weighted by molar-refractivity contribution is 0.190. The van der Waals surface area contributed by atoms with Crippen LogP contribution in [0.25, 0.3) is 0 Å². The van der Waals surface area contributed by atoms with Crippen LogP contribution in [-0.2, 0) is 6.54 Å². The fraction of sp³-hybridized carbons (Fsp3) is 0.667. The summed E-state index contributed by atoms with van der Waals surface area (Å²) >= 11 is 0. The molecular weight excluding hydrogens is 222 g/mol. The minimum absolute atomic E-state index is 0.684. The lowest BCUT2D eigenvalue weighted by atomic mass is 10.0. The highest BCUT2D eigenvalue weighted by Gasteiger charge is 2.17. The molecule has 1 fully saturated rings. The van der Waals surface area contributed by atoms with Gasteiger partial charge in [-0.25, -0.2) is 0 Å². The Bertz CT molecular complexity index is 339. The van der Waals surface area contributed by atoms with Crippen molar-refractivity contribution in [2.45, 2.75) is 39.3 Å². The van der Waals surface area contributed by atoms with Crippen molar-refractivity contribution in [1.29, 1.82) is 0 Å². The van der Waals surface area contributed by atoms with E-state index >= 15 is 0 Å². The third kappa shape index (κ3) is 4.07. The van der Waals surface area contributed by atoms with Crippen LogP contribution in [0.1, 0.15) is 32.3 Å². The highest BCUT2D eigenvalue weighted by atomic mass is 15.1. The molecule has 1 saturated heterocycles. The van der Waals surface area contributed by atoms with E-state index in [2.05, 4.69) is 35.1 Å². The van der Waals surface area contributed by atoms with Gasteiger partial charge >= 0.3 is 0 Å². The monoisotopic (exact) mass is 247 g/mol. The molecule has 0 amide bonds. The van der Waals surface area contributed by atoms with Crippen molar-refractivity contribution in [3.05, 3.63) is 30.1 Å². The van der Waals surface area contributed by atoms with Crippen LogP contribution in [-0.4, -0.2) is 35.6 Å². The summed E-state index contributed by atoms with van der Waals surface area (Å²) in [6.07, 6.45) is 6.31. The van der Waals surface area contributed by atoms with Crippen LogP contribution in [0, 0.1) is 5.92 Å². The van der Waals surface area contributed by atoms with Gasteiger partial charge in [0.05, 0.1) is 0 Å². The zero-order valence-electron chi connectivity index (χ0n) is 11.6. The van der Waals surface area contributed by atoms with E-state index < -0.39 is 0 Å². The lowest BCUT2D eigenvalue weighted by Gasteiger charge is -2.32. The summed E-state index contributed by atoms with van der Waals surface area (Å²) in [6.45, 7) is 9.15. The second-order valence-electron chi connectivity index (χ2n) is 5.50. The van der Waals surface area contributed by atoms with Crippen molar-refractivity contribution in [2.75, 3.05) is 19.6 Å². The van der Waals surface area contributed by atoms with Crippen LogP contribution in [0.5, 0.6) is 0 Å². The number of nitrogens with zero attached hydrogens (tertiary/aromatic N) is 2. The van der Waals surface area contributed by atoms with Crippen molar-refractivity contribution < 1.29 is 0 Å². The second kappa shape index (κ2) is 6.86. The minimum Gasteiger partial charge on any atom is -0.314 e. The van der Waals surface area contributed by atoms with Gasteiger partial charge < -0.3 is 5.32 Å². The van der Waals surface area contributed by atoms with Crippen molar-refractivity contribution >= 4 is 0 Å². The Morgan fingerprint density at radius 2 is 2.39 bits per heavy atom.